The van der Waals surface area contributed by atoms with E-state index in [-0.39, 0.29) is 35.4 Å². The molecule has 2 atom stereocenters. The molecule has 0 aliphatic carbocycles. The summed E-state index contributed by atoms with van der Waals surface area (Å²) in [5, 5.41) is 20.1. The number of nitrogens with zero attached hydrogens (tertiary/aromatic N) is 4. The number of ether oxygens (including phenoxy) is 2. The highest BCUT2D eigenvalue weighted by Crippen LogP contribution is 2.35. The number of benzene rings is 2. The van der Waals surface area contributed by atoms with Gasteiger partial charge in [0.25, 0.3) is 17.5 Å². The third-order valence-electron chi connectivity index (χ3n) is 7.70. The summed E-state index contributed by atoms with van der Waals surface area (Å²) in [6.45, 7) is 4.34. The van der Waals surface area contributed by atoms with Crippen LogP contribution in [0.25, 0.3) is 10.8 Å². The second-order valence-corrected chi connectivity index (χ2v) is 11.2. The molecule has 2 saturated heterocycles. The Kier molecular flexibility index (Phi) is 9.62. The average Bonchev–Trinajstić information content (AvgIpc) is 3.01. The Morgan fingerprint density at radius 2 is 1.93 bits per heavy atom. The van der Waals surface area contributed by atoms with Crippen LogP contribution in [-0.2, 0) is 9.47 Å². The van der Waals surface area contributed by atoms with Gasteiger partial charge in [-0.3, -0.25) is 29.6 Å². The summed E-state index contributed by atoms with van der Waals surface area (Å²) in [5.41, 5.74) is 0.501. The van der Waals surface area contributed by atoms with Crippen molar-refractivity contribution in [3.05, 3.63) is 74.5 Å². The number of methoxy groups -OCH3 is 1. The third kappa shape index (κ3) is 6.70. The topological polar surface area (TPSA) is 139 Å². The summed E-state index contributed by atoms with van der Waals surface area (Å²) in [5.74, 6) is -0.599. The summed E-state index contributed by atoms with van der Waals surface area (Å²) in [7, 11) is 1.66. The zero-order valence-corrected chi connectivity index (χ0v) is 24.8. The second kappa shape index (κ2) is 13.6. The number of hydrogen-bond donors (Lipinski definition) is 2. The third-order valence-corrected chi connectivity index (χ3v) is 8.15. The quantitative estimate of drug-likeness (QED) is 0.266. The lowest BCUT2D eigenvalue weighted by Crippen LogP contribution is -2.52. The van der Waals surface area contributed by atoms with Gasteiger partial charge in [-0.05, 0) is 17.9 Å². The van der Waals surface area contributed by atoms with Gasteiger partial charge in [0.05, 0.1) is 41.3 Å². The first-order valence-corrected chi connectivity index (χ1v) is 14.6. The lowest BCUT2D eigenvalue weighted by molar-refractivity contribution is -0.384. The molecular weight excluding hydrogens is 608 g/mol. The number of hydrogen-bond acceptors (Lipinski definition) is 9. The van der Waals surface area contributed by atoms with Crippen molar-refractivity contribution < 1.29 is 24.0 Å². The summed E-state index contributed by atoms with van der Waals surface area (Å²) >= 11 is 3.35. The number of halogens is 1. The normalized spacial score (nSPS) is 19.4. The van der Waals surface area contributed by atoms with Gasteiger partial charge >= 0.3 is 0 Å². The lowest BCUT2D eigenvalue weighted by Gasteiger charge is -2.36. The molecule has 2 aromatic carbocycles. The van der Waals surface area contributed by atoms with Crippen LogP contribution in [0.2, 0.25) is 0 Å². The van der Waals surface area contributed by atoms with Crippen molar-refractivity contribution in [1.29, 1.82) is 0 Å². The molecule has 0 bridgehead atoms. The van der Waals surface area contributed by atoms with E-state index in [0.29, 0.717) is 55.8 Å². The van der Waals surface area contributed by atoms with Gasteiger partial charge in [0, 0.05) is 74.8 Å². The molecule has 222 valence electrons. The molecule has 0 unspecified atom stereocenters. The highest BCUT2D eigenvalue weighted by Gasteiger charge is 2.34. The Balaban J connectivity index is 1.39. The number of nitrogens with one attached hydrogen (secondary N) is 2. The predicted octanol–water partition coefficient (Wildman–Crippen LogP) is 3.31. The van der Waals surface area contributed by atoms with Crippen molar-refractivity contribution in [2.45, 2.75) is 18.5 Å². The van der Waals surface area contributed by atoms with E-state index in [2.05, 4.69) is 36.4 Å². The minimum Gasteiger partial charge on any atom is -0.383 e. The first-order valence-electron chi connectivity index (χ1n) is 13.8. The van der Waals surface area contributed by atoms with Gasteiger partial charge in [0.1, 0.15) is 5.69 Å². The summed E-state index contributed by atoms with van der Waals surface area (Å²) < 4.78 is 11.3. The van der Waals surface area contributed by atoms with Crippen LogP contribution in [0.4, 0.5) is 11.4 Å². The van der Waals surface area contributed by atoms with E-state index in [1.807, 2.05) is 24.3 Å². The molecule has 2 aliphatic heterocycles. The van der Waals surface area contributed by atoms with E-state index >= 15 is 0 Å². The van der Waals surface area contributed by atoms with Crippen LogP contribution in [0.15, 0.2) is 53.3 Å². The Morgan fingerprint density at radius 3 is 2.69 bits per heavy atom. The Morgan fingerprint density at radius 1 is 1.14 bits per heavy atom. The molecule has 0 saturated carbocycles. The number of nitro groups is 1. The fourth-order valence-electron chi connectivity index (χ4n) is 5.40. The van der Waals surface area contributed by atoms with Gasteiger partial charge in [-0.1, -0.05) is 40.2 Å². The molecule has 13 heteroatoms. The van der Waals surface area contributed by atoms with E-state index in [4.69, 9.17) is 9.47 Å². The van der Waals surface area contributed by atoms with Gasteiger partial charge in [0.2, 0.25) is 0 Å². The lowest BCUT2D eigenvalue weighted by atomic mass is 10.00. The van der Waals surface area contributed by atoms with Gasteiger partial charge in [-0.2, -0.15) is 0 Å². The fraction of sp³-hybridized carbons (Fsp3) is 0.414. The molecule has 0 spiro atoms. The van der Waals surface area contributed by atoms with Crippen LogP contribution in [0, 0.1) is 10.1 Å². The van der Waals surface area contributed by atoms with Crippen LogP contribution in [0.3, 0.4) is 0 Å². The number of carbonyl (C=O) groups excluding carboxylic acids is 2. The summed E-state index contributed by atoms with van der Waals surface area (Å²) in [6.07, 6.45) is 3.72. The molecule has 3 heterocycles. The average molecular weight is 642 g/mol. The smallest absolute Gasteiger partial charge is 0.294 e. The number of fused-ring (bicyclic) bond motifs is 1. The number of amides is 2. The highest BCUT2D eigenvalue weighted by molar-refractivity contribution is 9.10. The van der Waals surface area contributed by atoms with Gasteiger partial charge in [-0.25, -0.2) is 0 Å². The number of aromatic nitrogens is 1. The Bertz CT molecular complexity index is 1460. The maximum Gasteiger partial charge on any atom is 0.294 e. The van der Waals surface area contributed by atoms with E-state index in [1.54, 1.807) is 24.3 Å². The monoisotopic (exact) mass is 640 g/mol. The second-order valence-electron chi connectivity index (χ2n) is 10.3. The van der Waals surface area contributed by atoms with Crippen LogP contribution in [0.5, 0.6) is 0 Å². The number of piperazine rings is 1. The first-order chi connectivity index (χ1) is 20.4. The summed E-state index contributed by atoms with van der Waals surface area (Å²) in [4.78, 5) is 47.0. The molecule has 2 fully saturated rings. The van der Waals surface area contributed by atoms with Crippen LogP contribution in [-0.4, -0.2) is 103 Å². The molecule has 1 aromatic heterocycles. The van der Waals surface area contributed by atoms with Crippen molar-refractivity contribution in [3.63, 3.8) is 0 Å². The number of pyridine rings is 1. The van der Waals surface area contributed by atoms with Crippen LogP contribution in [0.1, 0.15) is 27.1 Å². The molecule has 2 amide bonds. The number of nitro benzene ring substituents is 1. The standard InChI is InChI=1S/C29H33BrN6O6/c1-41-13-11-34-7-9-35(10-8-34)29(38)22-14-20(30)15-26(36(39)40)27(22)32-25-18-42-12-6-24(25)33-28(37)23-17-31-16-19-4-2-3-5-21(19)23/h2-5,14-17,24-25,32H,6-13,18H2,1H3,(H,33,37)/t24-,25+/m0/s1. The molecule has 42 heavy (non-hydrogen) atoms. The molecule has 3 aromatic rings. The van der Waals surface area contributed by atoms with Crippen molar-refractivity contribution >= 4 is 49.9 Å². The predicted molar refractivity (Wildman–Crippen MR) is 161 cm³/mol. The van der Waals surface area contributed by atoms with E-state index in [1.165, 1.54) is 12.3 Å². The van der Waals surface area contributed by atoms with Gasteiger partial charge in [-0.15, -0.1) is 0 Å². The van der Waals surface area contributed by atoms with Crippen molar-refractivity contribution in [2.24, 2.45) is 0 Å². The Hall–Kier alpha value is -3.65. The molecule has 0 radical (unpaired) electrons. The van der Waals surface area contributed by atoms with Gasteiger partial charge < -0.3 is 25.0 Å². The zero-order valence-electron chi connectivity index (χ0n) is 23.3. The van der Waals surface area contributed by atoms with Crippen LogP contribution < -0.4 is 10.6 Å². The van der Waals surface area contributed by atoms with Crippen molar-refractivity contribution in [2.75, 3.05) is 65.0 Å². The van der Waals surface area contributed by atoms with E-state index < -0.39 is 17.0 Å². The molecule has 12 nitrogen and oxygen atoms in total. The first kappa shape index (κ1) is 29.8. The molecule has 2 aliphatic rings. The maximum atomic E-state index is 13.8. The van der Waals surface area contributed by atoms with Crippen LogP contribution >= 0.6 is 15.9 Å². The number of carbonyl (C=O) groups is 2. The maximum absolute atomic E-state index is 13.8. The zero-order chi connectivity index (χ0) is 29.6. The minimum absolute atomic E-state index is 0.108. The minimum atomic E-state index is -0.525. The number of rotatable bonds is 9. The Labute approximate surface area is 251 Å². The molecule has 5 rings (SSSR count). The van der Waals surface area contributed by atoms with E-state index in [9.17, 15) is 19.7 Å². The molecule has 2 N–H and O–H groups in total. The SMILES string of the molecule is COCCN1CCN(C(=O)c2cc(Br)cc([N+](=O)[O-])c2N[C@@H]2COCC[C@@H]2NC(=O)c2cncc3ccccc23)CC1. The van der Waals surface area contributed by atoms with E-state index in [0.717, 1.165) is 17.3 Å². The fourth-order valence-corrected chi connectivity index (χ4v) is 5.85. The van der Waals surface area contributed by atoms with Gasteiger partial charge in [0.15, 0.2) is 0 Å². The van der Waals surface area contributed by atoms with Crippen molar-refractivity contribution in [1.82, 2.24) is 20.1 Å². The number of anilines is 1. The highest BCUT2D eigenvalue weighted by atomic mass is 79.9. The summed E-state index contributed by atoms with van der Waals surface area (Å²) in [6, 6.07) is 9.55. The largest absolute Gasteiger partial charge is 0.383 e. The van der Waals surface area contributed by atoms with Crippen molar-refractivity contribution in [3.8, 4) is 0 Å². The molecular formula is C29H33BrN6O6.